The van der Waals surface area contributed by atoms with Gasteiger partial charge in [0, 0.05) is 36.5 Å². The molecule has 0 spiro atoms. The van der Waals surface area contributed by atoms with Gasteiger partial charge in [-0.3, -0.25) is 19.8 Å². The van der Waals surface area contributed by atoms with Crippen LogP contribution in [0.2, 0.25) is 10.2 Å². The summed E-state index contributed by atoms with van der Waals surface area (Å²) in [7, 11) is 0. The highest BCUT2D eigenvalue weighted by atomic mass is 35.5. The zero-order valence-electron chi connectivity index (χ0n) is 16.8. The molecule has 11 heteroatoms. The van der Waals surface area contributed by atoms with E-state index in [1.807, 2.05) is 0 Å². The fourth-order valence-corrected chi connectivity index (χ4v) is 4.38. The van der Waals surface area contributed by atoms with Gasteiger partial charge < -0.3 is 4.42 Å². The van der Waals surface area contributed by atoms with Gasteiger partial charge in [0.2, 0.25) is 0 Å². The summed E-state index contributed by atoms with van der Waals surface area (Å²) in [5.74, 6) is 0.565. The molecule has 0 bridgehead atoms. The maximum Gasteiger partial charge on any atom is 0.270 e. The molecule has 3 aromatic rings. The normalized spacial score (nSPS) is 16.1. The Morgan fingerprint density at radius 1 is 1.27 bits per heavy atom. The molecule has 1 saturated heterocycles. The molecule has 1 aromatic carbocycles. The predicted octanol–water partition coefficient (Wildman–Crippen LogP) is 6.35. The van der Waals surface area contributed by atoms with Crippen LogP contribution in [-0.2, 0) is 4.79 Å². The van der Waals surface area contributed by atoms with Crippen LogP contribution in [-0.4, -0.2) is 32.4 Å². The Kier molecular flexibility index (Phi) is 6.64. The van der Waals surface area contributed by atoms with E-state index in [9.17, 15) is 14.9 Å². The molecule has 0 aliphatic carbocycles. The van der Waals surface area contributed by atoms with Gasteiger partial charge in [0.05, 0.1) is 14.9 Å². The van der Waals surface area contributed by atoms with Gasteiger partial charge in [-0.05, 0) is 42.1 Å². The van der Waals surface area contributed by atoms with E-state index in [-0.39, 0.29) is 28.3 Å². The number of furan rings is 1. The van der Waals surface area contributed by atoms with Crippen molar-refractivity contribution in [1.29, 1.82) is 0 Å². The maximum absolute atomic E-state index is 13.0. The third-order valence-corrected chi connectivity index (χ3v) is 6.09. The molecule has 166 valence electrons. The minimum atomic E-state index is -0.524. The van der Waals surface area contributed by atoms with Gasteiger partial charge in [-0.25, -0.2) is 9.98 Å². The van der Waals surface area contributed by atoms with E-state index in [4.69, 9.17) is 27.6 Å². The average Bonchev–Trinajstić information content (AvgIpc) is 3.36. The van der Waals surface area contributed by atoms with E-state index in [1.165, 1.54) is 34.9 Å². The van der Waals surface area contributed by atoms with Gasteiger partial charge in [0.15, 0.2) is 10.3 Å². The fraction of sp³-hybridized carbons (Fsp3) is 0.0455. The number of hydrogen-bond donors (Lipinski definition) is 0. The van der Waals surface area contributed by atoms with Crippen molar-refractivity contribution >= 4 is 63.5 Å². The molecule has 0 atom stereocenters. The molecule has 0 N–H and O–H groups in total. The molecule has 2 aromatic heterocycles. The number of non-ortho nitro benzene ring substituents is 1. The maximum atomic E-state index is 13.0. The van der Waals surface area contributed by atoms with Gasteiger partial charge in [0.1, 0.15) is 17.2 Å². The number of nitro groups is 1. The Hall–Kier alpha value is -3.40. The predicted molar refractivity (Wildman–Crippen MR) is 130 cm³/mol. The number of carbonyl (C=O) groups is 1. The molecular formula is C22H14Cl2N4O4S. The third kappa shape index (κ3) is 4.85. The van der Waals surface area contributed by atoms with Crippen LogP contribution in [0.25, 0.3) is 17.4 Å². The monoisotopic (exact) mass is 500 g/mol. The van der Waals surface area contributed by atoms with Crippen molar-refractivity contribution in [2.75, 3.05) is 6.54 Å². The molecule has 1 amide bonds. The summed E-state index contributed by atoms with van der Waals surface area (Å²) >= 11 is 13.5. The number of amidine groups is 1. The highest BCUT2D eigenvalue weighted by molar-refractivity contribution is 8.18. The van der Waals surface area contributed by atoms with Crippen molar-refractivity contribution < 1.29 is 14.1 Å². The van der Waals surface area contributed by atoms with Crippen molar-refractivity contribution in [1.82, 2.24) is 9.88 Å². The lowest BCUT2D eigenvalue weighted by molar-refractivity contribution is -0.384. The number of nitro benzene ring substituents is 1. The molecule has 8 nitrogen and oxygen atoms in total. The van der Waals surface area contributed by atoms with Gasteiger partial charge in [-0.2, -0.15) is 0 Å². The zero-order valence-corrected chi connectivity index (χ0v) is 19.1. The number of carbonyl (C=O) groups excluding carboxylic acids is 1. The lowest BCUT2D eigenvalue weighted by Crippen LogP contribution is -2.29. The van der Waals surface area contributed by atoms with Crippen LogP contribution >= 0.6 is 35.0 Å². The quantitative estimate of drug-likeness (QED) is 0.128. The minimum absolute atomic E-state index is 0.117. The Morgan fingerprint density at radius 2 is 2.09 bits per heavy atom. The van der Waals surface area contributed by atoms with Gasteiger partial charge in [-0.15, -0.1) is 6.58 Å². The van der Waals surface area contributed by atoms with E-state index >= 15 is 0 Å². The molecule has 0 radical (unpaired) electrons. The van der Waals surface area contributed by atoms with Crippen LogP contribution in [0.5, 0.6) is 0 Å². The van der Waals surface area contributed by atoms with Gasteiger partial charge in [0.25, 0.3) is 11.6 Å². The summed E-state index contributed by atoms with van der Waals surface area (Å²) in [4.78, 5) is 33.7. The third-order valence-electron chi connectivity index (χ3n) is 4.48. The van der Waals surface area contributed by atoms with Crippen molar-refractivity contribution in [3.05, 3.63) is 92.3 Å². The van der Waals surface area contributed by atoms with Crippen molar-refractivity contribution in [3.8, 4) is 11.3 Å². The molecule has 3 heterocycles. The highest BCUT2D eigenvalue weighted by Crippen LogP contribution is 2.37. The van der Waals surface area contributed by atoms with Gasteiger partial charge >= 0.3 is 0 Å². The molecule has 33 heavy (non-hydrogen) atoms. The summed E-state index contributed by atoms with van der Waals surface area (Å²) in [6.07, 6.45) is 4.75. The van der Waals surface area contributed by atoms with Crippen LogP contribution in [0, 0.1) is 10.1 Å². The SMILES string of the molecule is C=CCN1C(=O)/C(=C\c2ccc(-c3ccc([N+](=O)[O-])cc3Cl)o2)SC1=Nc1cccnc1Cl. The number of halogens is 2. The van der Waals surface area contributed by atoms with Crippen LogP contribution in [0.3, 0.4) is 0 Å². The summed E-state index contributed by atoms with van der Waals surface area (Å²) < 4.78 is 5.82. The van der Waals surface area contributed by atoms with Gasteiger partial charge in [-0.1, -0.05) is 29.3 Å². The Labute approximate surface area is 202 Å². The van der Waals surface area contributed by atoms with E-state index in [0.29, 0.717) is 32.8 Å². The van der Waals surface area contributed by atoms with Crippen LogP contribution in [0.1, 0.15) is 5.76 Å². The molecule has 1 aliphatic heterocycles. The average molecular weight is 501 g/mol. The minimum Gasteiger partial charge on any atom is -0.457 e. The molecule has 0 saturated carbocycles. The van der Waals surface area contributed by atoms with Crippen LogP contribution in [0.15, 0.2) is 75.6 Å². The summed E-state index contributed by atoms with van der Waals surface area (Å²) in [6, 6.07) is 10.9. The van der Waals surface area contributed by atoms with Crippen molar-refractivity contribution in [2.45, 2.75) is 0 Å². The summed E-state index contributed by atoms with van der Waals surface area (Å²) in [5, 5.41) is 11.8. The van der Waals surface area contributed by atoms with Crippen LogP contribution in [0.4, 0.5) is 11.4 Å². The second kappa shape index (κ2) is 9.62. The number of nitrogens with zero attached hydrogens (tertiary/aromatic N) is 4. The Balaban J connectivity index is 1.64. The number of aliphatic imine (C=N–C) groups is 1. The number of aromatic nitrogens is 1. The highest BCUT2D eigenvalue weighted by Gasteiger charge is 2.33. The first-order valence-electron chi connectivity index (χ1n) is 9.43. The number of rotatable bonds is 6. The first kappa shape index (κ1) is 22.8. The second-order valence-corrected chi connectivity index (χ2v) is 8.42. The number of thioether (sulfide) groups is 1. The number of hydrogen-bond acceptors (Lipinski definition) is 7. The fourth-order valence-electron chi connectivity index (χ4n) is 2.97. The number of benzene rings is 1. The van der Waals surface area contributed by atoms with E-state index in [1.54, 1.807) is 42.6 Å². The second-order valence-electron chi connectivity index (χ2n) is 6.65. The van der Waals surface area contributed by atoms with Crippen molar-refractivity contribution in [2.24, 2.45) is 4.99 Å². The lowest BCUT2D eigenvalue weighted by Gasteiger charge is -2.12. The molecule has 1 aliphatic rings. The van der Waals surface area contributed by atoms with E-state index in [0.717, 1.165) is 0 Å². The molecule has 4 rings (SSSR count). The Morgan fingerprint density at radius 3 is 2.79 bits per heavy atom. The Bertz CT molecular complexity index is 1340. The van der Waals surface area contributed by atoms with E-state index in [2.05, 4.69) is 16.6 Å². The molecule has 0 unspecified atom stereocenters. The smallest absolute Gasteiger partial charge is 0.270 e. The van der Waals surface area contributed by atoms with E-state index < -0.39 is 4.92 Å². The number of amides is 1. The first-order chi connectivity index (χ1) is 15.9. The summed E-state index contributed by atoms with van der Waals surface area (Å²) in [6.45, 7) is 3.97. The topological polar surface area (TPSA) is 102 Å². The van der Waals surface area contributed by atoms with Crippen molar-refractivity contribution in [3.63, 3.8) is 0 Å². The zero-order chi connectivity index (χ0) is 23.5. The first-order valence-corrected chi connectivity index (χ1v) is 11.0. The standard InChI is InChI=1S/C22H14Cl2N4O4S/c1-2-10-27-21(29)19(33-22(27)26-17-4-3-9-25-20(17)24)12-14-6-8-18(32-14)15-7-5-13(28(30)31)11-16(15)23/h2-9,11-12H,1,10H2/b19-12+,26-22?. The van der Waals surface area contributed by atoms with Crippen LogP contribution < -0.4 is 0 Å². The molecular weight excluding hydrogens is 487 g/mol. The number of pyridine rings is 1. The lowest BCUT2D eigenvalue weighted by atomic mass is 10.1. The largest absolute Gasteiger partial charge is 0.457 e. The summed E-state index contributed by atoms with van der Waals surface area (Å²) in [5.41, 5.74) is 0.824. The molecule has 1 fully saturated rings.